The summed E-state index contributed by atoms with van der Waals surface area (Å²) in [7, 11) is 0. The predicted octanol–water partition coefficient (Wildman–Crippen LogP) is 18.0. The van der Waals surface area contributed by atoms with E-state index in [1.807, 2.05) is 35.2 Å². The van der Waals surface area contributed by atoms with Crippen LogP contribution in [0.4, 0.5) is 9.59 Å². The van der Waals surface area contributed by atoms with Crippen molar-refractivity contribution in [2.75, 3.05) is 13.1 Å². The number of primary amides is 1. The fraction of sp³-hybridized carbons (Fsp3) is 0.778. The number of unbranched alkanes of at least 4 members (excludes halogenated alkanes) is 36. The summed E-state index contributed by atoms with van der Waals surface area (Å²) in [6.45, 7) is 5.93. The Hall–Kier alpha value is -2.76. The number of nitrogens with zero attached hydrogens (tertiary/aromatic N) is 1. The number of carbonyl (C=O) groups is 2. The fourth-order valence-corrected chi connectivity index (χ4v) is 8.73. The molecule has 344 valence electrons. The molecule has 0 aliphatic rings. The highest BCUT2D eigenvalue weighted by Gasteiger charge is 2.21. The van der Waals surface area contributed by atoms with Gasteiger partial charge in [0.25, 0.3) is 0 Å². The summed E-state index contributed by atoms with van der Waals surface area (Å²) >= 11 is 0. The van der Waals surface area contributed by atoms with Crippen molar-refractivity contribution in [2.45, 2.75) is 258 Å². The molecule has 0 aliphatic heterocycles. The number of carbonyl (C=O) groups excluding carboxylic acids is 2. The molecule has 0 aliphatic carbocycles. The van der Waals surface area contributed by atoms with Gasteiger partial charge in [-0.1, -0.05) is 275 Å². The normalized spacial score (nSPS) is 11.4. The van der Waals surface area contributed by atoms with Crippen molar-refractivity contribution in [1.82, 2.24) is 4.90 Å². The van der Waals surface area contributed by atoms with Crippen molar-refractivity contribution in [3.05, 3.63) is 36.4 Å². The smallest absolute Gasteiger partial charge is 0.406 e. The maximum absolute atomic E-state index is 13.8. The number of amides is 2. The molecule has 60 heavy (non-hydrogen) atoms. The largest absolute Gasteiger partial charge is 0.415 e. The molecule has 0 radical (unpaired) electrons. The van der Waals surface area contributed by atoms with Gasteiger partial charge in [-0.3, -0.25) is 0 Å². The molecule has 0 saturated heterocycles. The topological polar surface area (TPSA) is 81.9 Å². The lowest BCUT2D eigenvalue weighted by atomic mass is 10.0. The van der Waals surface area contributed by atoms with Crippen molar-refractivity contribution in [3.8, 4) is 11.5 Å². The van der Waals surface area contributed by atoms with E-state index in [1.54, 1.807) is 6.07 Å². The first kappa shape index (κ1) is 53.4. The van der Waals surface area contributed by atoms with Crippen LogP contribution >= 0.6 is 0 Å². The summed E-state index contributed by atoms with van der Waals surface area (Å²) in [5.74, 6) is 0.421. The van der Waals surface area contributed by atoms with Crippen molar-refractivity contribution >= 4 is 23.0 Å². The number of nitrogens with two attached hydrogens (primary N) is 1. The molecule has 2 aromatic rings. The van der Waals surface area contributed by atoms with Gasteiger partial charge in [0.2, 0.25) is 0 Å². The van der Waals surface area contributed by atoms with E-state index < -0.39 is 6.09 Å². The highest BCUT2D eigenvalue weighted by Crippen LogP contribution is 2.36. The number of hydrogen-bond donors (Lipinski definition) is 1. The Morgan fingerprint density at radius 1 is 0.417 bits per heavy atom. The van der Waals surface area contributed by atoms with Gasteiger partial charge in [-0.25, -0.2) is 9.59 Å². The first-order valence-corrected chi connectivity index (χ1v) is 26.0. The van der Waals surface area contributed by atoms with E-state index in [1.165, 1.54) is 218 Å². The van der Waals surface area contributed by atoms with Crippen LogP contribution in [0.5, 0.6) is 11.5 Å². The molecule has 2 aromatic carbocycles. The van der Waals surface area contributed by atoms with Crippen LogP contribution in [0.3, 0.4) is 0 Å². The lowest BCUT2D eigenvalue weighted by Crippen LogP contribution is -2.35. The summed E-state index contributed by atoms with van der Waals surface area (Å²) in [5, 5.41) is 1.62. The molecule has 6 nitrogen and oxygen atoms in total. The molecule has 0 saturated carbocycles. The van der Waals surface area contributed by atoms with Gasteiger partial charge in [0.15, 0.2) is 11.5 Å². The van der Waals surface area contributed by atoms with Gasteiger partial charge in [0.1, 0.15) is 0 Å². The van der Waals surface area contributed by atoms with Crippen LogP contribution in [0.25, 0.3) is 10.8 Å². The van der Waals surface area contributed by atoms with Crippen LogP contribution in [0.2, 0.25) is 0 Å². The quantitative estimate of drug-likeness (QED) is 0.0676. The van der Waals surface area contributed by atoms with Gasteiger partial charge in [-0.2, -0.15) is 0 Å². The van der Waals surface area contributed by atoms with E-state index in [-0.39, 0.29) is 17.6 Å². The van der Waals surface area contributed by atoms with Gasteiger partial charge in [0, 0.05) is 18.5 Å². The molecule has 2 N–H and O–H groups in total. The monoisotopic (exact) mass is 835 g/mol. The number of fused-ring (bicyclic) bond motifs is 1. The van der Waals surface area contributed by atoms with E-state index in [0.717, 1.165) is 36.5 Å². The number of ether oxygens (including phenoxy) is 2. The Morgan fingerprint density at radius 3 is 1.07 bits per heavy atom. The Kier molecular flexibility index (Phi) is 34.8. The minimum atomic E-state index is -0.928. The first-order valence-electron chi connectivity index (χ1n) is 26.0. The summed E-state index contributed by atoms with van der Waals surface area (Å²) in [6.07, 6.45) is 49.8. The molecular weight excluding hydrogens is 741 g/mol. The SMILES string of the molecule is CCCCCCCCCCCCCCCCCCCCCN(CCCCCCCCCCCCCCCCCCCCC)C(=O)Oc1c(OC(N)=O)ccc2ccccc12. The molecule has 0 spiro atoms. The van der Waals surface area contributed by atoms with Crippen LogP contribution in [0, 0.1) is 0 Å². The lowest BCUT2D eigenvalue weighted by Gasteiger charge is -2.23. The number of hydrogen-bond acceptors (Lipinski definition) is 4. The molecule has 0 unspecified atom stereocenters. The van der Waals surface area contributed by atoms with Gasteiger partial charge >= 0.3 is 12.2 Å². The second-order valence-corrected chi connectivity index (χ2v) is 18.1. The Balaban J connectivity index is 1.65. The minimum Gasteiger partial charge on any atom is -0.406 e. The zero-order valence-electron chi connectivity index (χ0n) is 39.4. The molecule has 0 heterocycles. The van der Waals surface area contributed by atoms with E-state index >= 15 is 0 Å². The van der Waals surface area contributed by atoms with Crippen LogP contribution in [0.15, 0.2) is 36.4 Å². The highest BCUT2D eigenvalue weighted by molar-refractivity contribution is 5.93. The highest BCUT2D eigenvalue weighted by atomic mass is 16.6. The van der Waals surface area contributed by atoms with E-state index in [2.05, 4.69) is 13.8 Å². The molecule has 2 amide bonds. The van der Waals surface area contributed by atoms with Crippen LogP contribution in [0.1, 0.15) is 258 Å². The van der Waals surface area contributed by atoms with Gasteiger partial charge in [-0.15, -0.1) is 0 Å². The molecule has 0 bridgehead atoms. The van der Waals surface area contributed by atoms with E-state index in [4.69, 9.17) is 15.2 Å². The summed E-state index contributed by atoms with van der Waals surface area (Å²) in [5.41, 5.74) is 5.38. The van der Waals surface area contributed by atoms with E-state index in [0.29, 0.717) is 13.1 Å². The average molecular weight is 835 g/mol. The van der Waals surface area contributed by atoms with Crippen molar-refractivity contribution in [2.24, 2.45) is 5.73 Å². The average Bonchev–Trinajstić information content (AvgIpc) is 3.25. The fourth-order valence-electron chi connectivity index (χ4n) is 8.73. The van der Waals surface area contributed by atoms with Crippen molar-refractivity contribution < 1.29 is 19.1 Å². The molecule has 0 aromatic heterocycles. The Bertz CT molecular complexity index is 1260. The predicted molar refractivity (Wildman–Crippen MR) is 259 cm³/mol. The summed E-state index contributed by atoms with van der Waals surface area (Å²) in [6, 6.07) is 11.2. The third-order valence-corrected chi connectivity index (χ3v) is 12.6. The van der Waals surface area contributed by atoms with Gasteiger partial charge < -0.3 is 20.1 Å². The molecular formula is C54H94N2O4. The molecule has 0 fully saturated rings. The lowest BCUT2D eigenvalue weighted by molar-refractivity contribution is 0.148. The molecule has 2 rings (SSSR count). The molecule has 0 atom stereocenters. The van der Waals surface area contributed by atoms with Crippen molar-refractivity contribution in [1.29, 1.82) is 0 Å². The van der Waals surface area contributed by atoms with Crippen LogP contribution in [-0.4, -0.2) is 30.2 Å². The first-order chi connectivity index (χ1) is 29.6. The maximum atomic E-state index is 13.8. The van der Waals surface area contributed by atoms with Crippen molar-refractivity contribution in [3.63, 3.8) is 0 Å². The second kappa shape index (κ2) is 39.1. The standard InChI is InChI=1S/C54H94N2O4/c1-3-5-7-9-11-13-15-17-19-21-23-25-27-29-31-33-35-37-41-47-56(54(58)60-52-50-44-40-39-43-49(50)45-46-51(52)59-53(55)57)48-42-38-36-34-32-30-28-26-24-22-20-18-16-14-12-10-8-6-4-2/h39-40,43-46H,3-38,41-42,47-48H2,1-2H3,(H2,55,57). The number of rotatable bonds is 42. The minimum absolute atomic E-state index is 0.168. The Morgan fingerprint density at radius 2 is 0.733 bits per heavy atom. The van der Waals surface area contributed by atoms with Gasteiger partial charge in [-0.05, 0) is 24.3 Å². The molecule has 6 heteroatoms. The zero-order chi connectivity index (χ0) is 43.0. The van der Waals surface area contributed by atoms with Crippen LogP contribution in [-0.2, 0) is 0 Å². The number of benzene rings is 2. The maximum Gasteiger partial charge on any atom is 0.415 e. The van der Waals surface area contributed by atoms with Crippen LogP contribution < -0.4 is 15.2 Å². The summed E-state index contributed by atoms with van der Waals surface area (Å²) < 4.78 is 11.3. The third-order valence-electron chi connectivity index (χ3n) is 12.6. The van der Waals surface area contributed by atoms with Gasteiger partial charge in [0.05, 0.1) is 0 Å². The third kappa shape index (κ3) is 28.7. The second-order valence-electron chi connectivity index (χ2n) is 18.1. The Labute approximate surface area is 370 Å². The summed E-state index contributed by atoms with van der Waals surface area (Å²) in [4.78, 5) is 27.4. The zero-order valence-corrected chi connectivity index (χ0v) is 39.4. The van der Waals surface area contributed by atoms with E-state index in [9.17, 15) is 9.59 Å².